The Kier molecular flexibility index (Phi) is 5.74. The summed E-state index contributed by atoms with van der Waals surface area (Å²) in [6.07, 6.45) is 4.81. The molecule has 0 radical (unpaired) electrons. The molecule has 5 heteroatoms. The Balaban J connectivity index is 1.48. The first-order valence-corrected chi connectivity index (χ1v) is 8.93. The topological polar surface area (TPSA) is 42.0 Å². The van der Waals surface area contributed by atoms with E-state index in [1.165, 1.54) is 0 Å². The molecule has 5 nitrogen and oxygen atoms in total. The number of nitrogens with zero attached hydrogens (tertiary/aromatic N) is 2. The van der Waals surface area contributed by atoms with Crippen LogP contribution >= 0.6 is 0 Å². The van der Waals surface area contributed by atoms with E-state index >= 15 is 0 Å². The van der Waals surface area contributed by atoms with Gasteiger partial charge in [-0.05, 0) is 50.9 Å². The summed E-state index contributed by atoms with van der Waals surface area (Å²) in [6, 6.07) is 7.38. The molecule has 0 saturated carbocycles. The Hall–Kier alpha value is -1.59. The van der Waals surface area contributed by atoms with E-state index in [1.807, 2.05) is 29.2 Å². The smallest absolute Gasteiger partial charge is 0.253 e. The fourth-order valence-electron chi connectivity index (χ4n) is 3.53. The largest absolute Gasteiger partial charge is 0.497 e. The van der Waals surface area contributed by atoms with Gasteiger partial charge in [0.25, 0.3) is 5.91 Å². The number of piperidine rings is 2. The Morgan fingerprint density at radius 1 is 1.04 bits per heavy atom. The zero-order chi connectivity index (χ0) is 16.9. The number of ether oxygens (including phenoxy) is 2. The van der Waals surface area contributed by atoms with Crippen LogP contribution in [0.25, 0.3) is 0 Å². The Morgan fingerprint density at radius 3 is 2.29 bits per heavy atom. The lowest BCUT2D eigenvalue weighted by Crippen LogP contribution is -2.43. The third kappa shape index (κ3) is 4.28. The minimum atomic E-state index is 0.0895. The number of amides is 1. The van der Waals surface area contributed by atoms with Gasteiger partial charge in [-0.2, -0.15) is 0 Å². The van der Waals surface area contributed by atoms with Gasteiger partial charge in [-0.15, -0.1) is 0 Å². The molecule has 24 heavy (non-hydrogen) atoms. The number of methoxy groups -OCH3 is 1. The lowest BCUT2D eigenvalue weighted by molar-refractivity contribution is -0.0599. The molecule has 1 aromatic rings. The van der Waals surface area contributed by atoms with E-state index < -0.39 is 0 Å². The van der Waals surface area contributed by atoms with Gasteiger partial charge in [0.05, 0.1) is 19.3 Å². The summed E-state index contributed by atoms with van der Waals surface area (Å²) in [5.74, 6) is 0.813. The van der Waals surface area contributed by atoms with Gasteiger partial charge in [-0.3, -0.25) is 4.79 Å². The molecule has 2 aliphatic rings. The van der Waals surface area contributed by atoms with Gasteiger partial charge in [0.1, 0.15) is 5.75 Å². The predicted octanol–water partition coefficient (Wildman–Crippen LogP) is 2.41. The maximum absolute atomic E-state index is 12.6. The van der Waals surface area contributed by atoms with Crippen molar-refractivity contribution >= 4 is 5.91 Å². The van der Waals surface area contributed by atoms with E-state index in [-0.39, 0.29) is 5.91 Å². The molecule has 2 heterocycles. The molecular weight excluding hydrogens is 304 g/mol. The van der Waals surface area contributed by atoms with Gasteiger partial charge in [0.15, 0.2) is 0 Å². The number of hydrogen-bond acceptors (Lipinski definition) is 4. The fraction of sp³-hybridized carbons (Fsp3) is 0.632. The normalized spacial score (nSPS) is 21.0. The number of likely N-dealkylation sites (tertiary alicyclic amines) is 2. The van der Waals surface area contributed by atoms with E-state index in [9.17, 15) is 4.79 Å². The van der Waals surface area contributed by atoms with Crippen LogP contribution in [-0.2, 0) is 4.74 Å². The molecule has 132 valence electrons. The van der Waals surface area contributed by atoms with Crippen LogP contribution in [0.3, 0.4) is 0 Å². The summed E-state index contributed by atoms with van der Waals surface area (Å²) in [4.78, 5) is 16.9. The molecule has 0 unspecified atom stereocenters. The molecule has 2 saturated heterocycles. The van der Waals surface area contributed by atoms with Gasteiger partial charge in [0, 0.05) is 31.7 Å². The second kappa shape index (κ2) is 7.99. The lowest BCUT2D eigenvalue weighted by atomic mass is 10.0. The lowest BCUT2D eigenvalue weighted by Gasteiger charge is -2.36. The minimum absolute atomic E-state index is 0.0895. The Bertz CT molecular complexity index is 547. The number of benzene rings is 1. The molecular formula is C19H28N2O3. The molecule has 2 fully saturated rings. The SMILES string of the molecule is COc1cccc(C(=O)N2CCC(OC3CCN(C)CC3)CC2)c1. The van der Waals surface area contributed by atoms with E-state index in [0.29, 0.717) is 17.8 Å². The van der Waals surface area contributed by atoms with Crippen LogP contribution in [0.4, 0.5) is 0 Å². The summed E-state index contributed by atoms with van der Waals surface area (Å²) in [5.41, 5.74) is 0.698. The third-order valence-corrected chi connectivity index (χ3v) is 5.10. The maximum atomic E-state index is 12.6. The third-order valence-electron chi connectivity index (χ3n) is 5.10. The fourth-order valence-corrected chi connectivity index (χ4v) is 3.53. The van der Waals surface area contributed by atoms with Crippen molar-refractivity contribution in [2.75, 3.05) is 40.3 Å². The highest BCUT2D eigenvalue weighted by Crippen LogP contribution is 2.22. The first kappa shape index (κ1) is 17.2. The van der Waals surface area contributed by atoms with Crippen LogP contribution in [0.5, 0.6) is 5.75 Å². The van der Waals surface area contributed by atoms with Crippen molar-refractivity contribution in [2.45, 2.75) is 37.9 Å². The molecule has 0 bridgehead atoms. The first-order chi connectivity index (χ1) is 11.7. The summed E-state index contributed by atoms with van der Waals surface area (Å²) in [6.45, 7) is 3.79. The summed E-state index contributed by atoms with van der Waals surface area (Å²) in [7, 11) is 3.79. The average molecular weight is 332 g/mol. The number of carbonyl (C=O) groups is 1. The second-order valence-electron chi connectivity index (χ2n) is 6.86. The molecule has 2 aliphatic heterocycles. The van der Waals surface area contributed by atoms with E-state index in [2.05, 4.69) is 11.9 Å². The minimum Gasteiger partial charge on any atom is -0.497 e. The molecule has 3 rings (SSSR count). The molecule has 0 spiro atoms. The highest BCUT2D eigenvalue weighted by molar-refractivity contribution is 5.94. The first-order valence-electron chi connectivity index (χ1n) is 8.93. The molecule has 0 N–H and O–H groups in total. The van der Waals surface area contributed by atoms with Gasteiger partial charge in [-0.1, -0.05) is 6.07 Å². The van der Waals surface area contributed by atoms with Crippen molar-refractivity contribution < 1.29 is 14.3 Å². The van der Waals surface area contributed by atoms with Crippen molar-refractivity contribution in [1.29, 1.82) is 0 Å². The van der Waals surface area contributed by atoms with Gasteiger partial charge in [0.2, 0.25) is 0 Å². The van der Waals surface area contributed by atoms with E-state index in [0.717, 1.165) is 57.6 Å². The van der Waals surface area contributed by atoms with Gasteiger partial charge in [-0.25, -0.2) is 0 Å². The number of rotatable bonds is 4. The van der Waals surface area contributed by atoms with Crippen LogP contribution in [0.2, 0.25) is 0 Å². The molecule has 0 aromatic heterocycles. The van der Waals surface area contributed by atoms with Gasteiger partial charge < -0.3 is 19.3 Å². The van der Waals surface area contributed by atoms with Crippen LogP contribution < -0.4 is 4.74 Å². The second-order valence-corrected chi connectivity index (χ2v) is 6.86. The predicted molar refractivity (Wildman–Crippen MR) is 93.5 cm³/mol. The zero-order valence-electron chi connectivity index (χ0n) is 14.7. The van der Waals surface area contributed by atoms with Crippen molar-refractivity contribution in [2.24, 2.45) is 0 Å². The molecule has 1 aromatic carbocycles. The van der Waals surface area contributed by atoms with Crippen molar-refractivity contribution in [3.05, 3.63) is 29.8 Å². The monoisotopic (exact) mass is 332 g/mol. The van der Waals surface area contributed by atoms with Crippen LogP contribution in [-0.4, -0.2) is 68.3 Å². The molecule has 0 aliphatic carbocycles. The Labute approximate surface area is 144 Å². The average Bonchev–Trinajstić information content (AvgIpc) is 2.64. The zero-order valence-corrected chi connectivity index (χ0v) is 14.7. The summed E-state index contributed by atoms with van der Waals surface area (Å²) >= 11 is 0. The molecule has 1 amide bonds. The summed E-state index contributed by atoms with van der Waals surface area (Å²) < 4.78 is 11.5. The summed E-state index contributed by atoms with van der Waals surface area (Å²) in [5, 5.41) is 0. The van der Waals surface area contributed by atoms with Crippen LogP contribution in [0, 0.1) is 0 Å². The Morgan fingerprint density at radius 2 is 1.67 bits per heavy atom. The van der Waals surface area contributed by atoms with Gasteiger partial charge >= 0.3 is 0 Å². The standard InChI is InChI=1S/C19H28N2O3/c1-20-10-6-16(7-11-20)24-17-8-12-21(13-9-17)19(22)15-4-3-5-18(14-15)23-2/h3-5,14,16-17H,6-13H2,1-2H3. The van der Waals surface area contributed by atoms with Crippen LogP contribution in [0.1, 0.15) is 36.0 Å². The van der Waals surface area contributed by atoms with Crippen molar-refractivity contribution in [3.8, 4) is 5.75 Å². The number of hydrogen-bond donors (Lipinski definition) is 0. The van der Waals surface area contributed by atoms with Crippen LogP contribution in [0.15, 0.2) is 24.3 Å². The van der Waals surface area contributed by atoms with Crippen molar-refractivity contribution in [3.63, 3.8) is 0 Å². The molecule has 0 atom stereocenters. The quantitative estimate of drug-likeness (QED) is 0.849. The highest BCUT2D eigenvalue weighted by atomic mass is 16.5. The van der Waals surface area contributed by atoms with E-state index in [1.54, 1.807) is 7.11 Å². The highest BCUT2D eigenvalue weighted by Gasteiger charge is 2.27. The number of carbonyl (C=O) groups excluding carboxylic acids is 1. The van der Waals surface area contributed by atoms with E-state index in [4.69, 9.17) is 9.47 Å². The maximum Gasteiger partial charge on any atom is 0.253 e. The van der Waals surface area contributed by atoms with Crippen molar-refractivity contribution in [1.82, 2.24) is 9.80 Å².